The molecule has 9 nitrogen and oxygen atoms in total. The van der Waals surface area contributed by atoms with Crippen molar-refractivity contribution in [1.82, 2.24) is 30.2 Å². The average Bonchev–Trinajstić information content (AvgIpc) is 3.36. The van der Waals surface area contributed by atoms with E-state index < -0.39 is 0 Å². The number of para-hydroxylation sites is 1. The number of carbonyl (C=O) groups is 1. The van der Waals surface area contributed by atoms with Gasteiger partial charge in [0.25, 0.3) is 0 Å². The zero-order chi connectivity index (χ0) is 18.5. The summed E-state index contributed by atoms with van der Waals surface area (Å²) >= 11 is 0. The molecule has 9 heteroatoms. The summed E-state index contributed by atoms with van der Waals surface area (Å²) in [7, 11) is 0. The summed E-state index contributed by atoms with van der Waals surface area (Å²) in [6, 6.07) is 11.1. The van der Waals surface area contributed by atoms with E-state index in [0.717, 1.165) is 5.39 Å². The molecule has 1 aromatic carbocycles. The van der Waals surface area contributed by atoms with Gasteiger partial charge in [-0.1, -0.05) is 17.3 Å². The van der Waals surface area contributed by atoms with Gasteiger partial charge < -0.3 is 15.2 Å². The van der Waals surface area contributed by atoms with E-state index in [9.17, 15) is 4.79 Å². The van der Waals surface area contributed by atoms with Crippen LogP contribution in [0.25, 0.3) is 16.8 Å². The second kappa shape index (κ2) is 7.65. The van der Waals surface area contributed by atoms with Crippen LogP contribution >= 0.6 is 0 Å². The zero-order valence-corrected chi connectivity index (χ0v) is 14.4. The second-order valence-corrected chi connectivity index (χ2v) is 5.79. The minimum Gasteiger partial charge on any atom is -0.368 e. The number of nitrogens with one attached hydrogen (secondary N) is 2. The zero-order valence-electron chi connectivity index (χ0n) is 14.4. The maximum Gasteiger partial charge on any atom is 0.226 e. The molecule has 0 atom stereocenters. The normalized spacial score (nSPS) is 10.8. The van der Waals surface area contributed by atoms with Crippen LogP contribution in [0.15, 0.2) is 59.6 Å². The molecule has 0 aliphatic heterocycles. The summed E-state index contributed by atoms with van der Waals surface area (Å²) in [4.78, 5) is 20.4. The molecule has 2 N–H and O–H groups in total. The molecule has 4 rings (SSSR count). The number of benzene rings is 1. The Labute approximate surface area is 154 Å². The van der Waals surface area contributed by atoms with Crippen molar-refractivity contribution >= 4 is 22.7 Å². The Morgan fingerprint density at radius 1 is 1.15 bits per heavy atom. The van der Waals surface area contributed by atoms with Crippen molar-refractivity contribution in [3.63, 3.8) is 0 Å². The van der Waals surface area contributed by atoms with Crippen molar-refractivity contribution in [2.24, 2.45) is 0 Å². The highest BCUT2D eigenvalue weighted by molar-refractivity contribution is 5.86. The van der Waals surface area contributed by atoms with Gasteiger partial charge in [0.15, 0.2) is 11.4 Å². The molecule has 0 spiro atoms. The van der Waals surface area contributed by atoms with E-state index >= 15 is 0 Å². The SMILES string of the molecule is O=C(Cc1noc2ccccc12)NCCNc1cc(-n2cccn2)ncn1. The van der Waals surface area contributed by atoms with Crippen LogP contribution in [0.4, 0.5) is 5.82 Å². The number of fused-ring (bicyclic) bond motifs is 1. The Bertz CT molecular complexity index is 1040. The predicted octanol–water partition coefficient (Wildman–Crippen LogP) is 1.57. The number of hydrogen-bond donors (Lipinski definition) is 2. The maximum absolute atomic E-state index is 12.1. The number of hydrogen-bond acceptors (Lipinski definition) is 7. The van der Waals surface area contributed by atoms with Crippen LogP contribution in [0.3, 0.4) is 0 Å². The second-order valence-electron chi connectivity index (χ2n) is 5.79. The van der Waals surface area contributed by atoms with E-state index in [1.165, 1.54) is 6.33 Å². The first-order valence-electron chi connectivity index (χ1n) is 8.45. The van der Waals surface area contributed by atoms with Crippen LogP contribution in [0, 0.1) is 0 Å². The fourth-order valence-corrected chi connectivity index (χ4v) is 2.65. The molecule has 0 saturated carbocycles. The summed E-state index contributed by atoms with van der Waals surface area (Å²) in [6.07, 6.45) is 5.13. The highest BCUT2D eigenvalue weighted by Crippen LogP contribution is 2.17. The van der Waals surface area contributed by atoms with Gasteiger partial charge in [0.2, 0.25) is 5.91 Å². The van der Waals surface area contributed by atoms with E-state index in [0.29, 0.717) is 36.0 Å². The lowest BCUT2D eigenvalue weighted by Crippen LogP contribution is -2.30. The summed E-state index contributed by atoms with van der Waals surface area (Å²) < 4.78 is 6.86. The van der Waals surface area contributed by atoms with Crippen molar-refractivity contribution in [3.05, 3.63) is 60.8 Å². The minimum atomic E-state index is -0.115. The molecule has 0 unspecified atom stereocenters. The lowest BCUT2D eigenvalue weighted by atomic mass is 10.1. The highest BCUT2D eigenvalue weighted by atomic mass is 16.5. The monoisotopic (exact) mass is 363 g/mol. The van der Waals surface area contributed by atoms with Crippen LogP contribution in [0.5, 0.6) is 0 Å². The lowest BCUT2D eigenvalue weighted by Gasteiger charge is -2.08. The van der Waals surface area contributed by atoms with Gasteiger partial charge in [0.05, 0.1) is 6.42 Å². The number of rotatable bonds is 7. The first-order valence-corrected chi connectivity index (χ1v) is 8.45. The summed E-state index contributed by atoms with van der Waals surface area (Å²) in [5.74, 6) is 1.21. The smallest absolute Gasteiger partial charge is 0.226 e. The molecule has 0 aliphatic carbocycles. The third-order valence-electron chi connectivity index (χ3n) is 3.93. The van der Waals surface area contributed by atoms with Crippen molar-refractivity contribution in [3.8, 4) is 5.82 Å². The molecular formula is C18H17N7O2. The molecule has 0 bridgehead atoms. The number of aromatic nitrogens is 5. The number of carbonyl (C=O) groups excluding carboxylic acids is 1. The molecule has 1 amide bonds. The molecule has 27 heavy (non-hydrogen) atoms. The molecule has 0 saturated heterocycles. The summed E-state index contributed by atoms with van der Waals surface area (Å²) in [6.45, 7) is 0.983. The van der Waals surface area contributed by atoms with Crippen LogP contribution < -0.4 is 10.6 Å². The van der Waals surface area contributed by atoms with Gasteiger partial charge in [0.1, 0.15) is 17.8 Å². The standard InChI is InChI=1S/C18H17N7O2/c26-18(10-14-13-4-1-2-5-15(13)27-24-14)20-8-7-19-16-11-17(22-12-21-16)25-9-3-6-23-25/h1-6,9,11-12H,7-8,10H2,(H,20,26)(H,19,21,22). The third kappa shape index (κ3) is 3.92. The largest absolute Gasteiger partial charge is 0.368 e. The lowest BCUT2D eigenvalue weighted by molar-refractivity contribution is -0.120. The van der Waals surface area contributed by atoms with Crippen LogP contribution in [-0.4, -0.2) is 43.9 Å². The Hall–Kier alpha value is -3.75. The van der Waals surface area contributed by atoms with Crippen molar-refractivity contribution in [2.45, 2.75) is 6.42 Å². The van der Waals surface area contributed by atoms with Crippen molar-refractivity contribution < 1.29 is 9.32 Å². The van der Waals surface area contributed by atoms with E-state index in [-0.39, 0.29) is 12.3 Å². The summed E-state index contributed by atoms with van der Waals surface area (Å²) in [5.41, 5.74) is 1.31. The topological polar surface area (TPSA) is 111 Å². The Kier molecular flexibility index (Phi) is 4.73. The van der Waals surface area contributed by atoms with Gasteiger partial charge in [0, 0.05) is 36.9 Å². The molecule has 4 aromatic rings. The number of amides is 1. The van der Waals surface area contributed by atoms with Gasteiger partial charge in [-0.15, -0.1) is 0 Å². The van der Waals surface area contributed by atoms with Crippen LogP contribution in [-0.2, 0) is 11.2 Å². The Morgan fingerprint density at radius 2 is 2.07 bits per heavy atom. The van der Waals surface area contributed by atoms with E-state index in [1.807, 2.05) is 30.3 Å². The average molecular weight is 363 g/mol. The van der Waals surface area contributed by atoms with Crippen LogP contribution in [0.2, 0.25) is 0 Å². The van der Waals surface area contributed by atoms with Gasteiger partial charge in [-0.3, -0.25) is 4.79 Å². The maximum atomic E-state index is 12.1. The molecule has 0 radical (unpaired) electrons. The van der Waals surface area contributed by atoms with Gasteiger partial charge in [-0.05, 0) is 18.2 Å². The van der Waals surface area contributed by atoms with Crippen LogP contribution in [0.1, 0.15) is 5.69 Å². The van der Waals surface area contributed by atoms with Gasteiger partial charge in [-0.25, -0.2) is 14.6 Å². The van der Waals surface area contributed by atoms with E-state index in [4.69, 9.17) is 4.52 Å². The van der Waals surface area contributed by atoms with Gasteiger partial charge in [-0.2, -0.15) is 5.10 Å². The first kappa shape index (κ1) is 16.7. The molecule has 3 heterocycles. The fraction of sp³-hybridized carbons (Fsp3) is 0.167. The Balaban J connectivity index is 1.26. The van der Waals surface area contributed by atoms with Crippen molar-refractivity contribution in [2.75, 3.05) is 18.4 Å². The Morgan fingerprint density at radius 3 is 2.96 bits per heavy atom. The third-order valence-corrected chi connectivity index (χ3v) is 3.93. The quantitative estimate of drug-likeness (QED) is 0.480. The highest BCUT2D eigenvalue weighted by Gasteiger charge is 2.11. The molecule has 3 aromatic heterocycles. The minimum absolute atomic E-state index is 0.115. The van der Waals surface area contributed by atoms with Gasteiger partial charge >= 0.3 is 0 Å². The molecule has 136 valence electrons. The number of anilines is 1. The summed E-state index contributed by atoms with van der Waals surface area (Å²) in [5, 5.41) is 15.0. The van der Waals surface area contributed by atoms with E-state index in [1.54, 1.807) is 23.1 Å². The van der Waals surface area contributed by atoms with E-state index in [2.05, 4.69) is 30.9 Å². The first-order chi connectivity index (χ1) is 13.3. The molecule has 0 aliphatic rings. The predicted molar refractivity (Wildman–Crippen MR) is 98.4 cm³/mol. The molecular weight excluding hydrogens is 346 g/mol. The number of nitrogens with zero attached hydrogens (tertiary/aromatic N) is 5. The molecule has 0 fully saturated rings. The van der Waals surface area contributed by atoms with Crippen molar-refractivity contribution in [1.29, 1.82) is 0 Å². The fourth-order valence-electron chi connectivity index (χ4n) is 2.65.